The molecule has 2 aromatic carbocycles. The van der Waals surface area contributed by atoms with Gasteiger partial charge in [0.05, 0.1) is 4.88 Å². The maximum Gasteiger partial charge on any atom is 0.265 e. The van der Waals surface area contributed by atoms with Crippen LogP contribution in [0.25, 0.3) is 10.1 Å². The Hall–Kier alpha value is -2.64. The van der Waals surface area contributed by atoms with Crippen LogP contribution in [-0.4, -0.2) is 5.91 Å². The van der Waals surface area contributed by atoms with Crippen molar-refractivity contribution >= 4 is 33.0 Å². The lowest BCUT2D eigenvalue weighted by Crippen LogP contribution is -2.09. The summed E-state index contributed by atoms with van der Waals surface area (Å²) >= 11 is 1.26. The van der Waals surface area contributed by atoms with Crippen LogP contribution in [0.2, 0.25) is 0 Å². The molecule has 0 saturated heterocycles. The van der Waals surface area contributed by atoms with Crippen LogP contribution in [0.3, 0.4) is 0 Å². The van der Waals surface area contributed by atoms with Gasteiger partial charge in [-0.25, -0.2) is 4.39 Å². The van der Waals surface area contributed by atoms with Gasteiger partial charge in [0.1, 0.15) is 5.82 Å². The Bertz CT molecular complexity index is 876. The van der Waals surface area contributed by atoms with Crippen LogP contribution in [0.4, 0.5) is 10.1 Å². The number of anilines is 1. The minimum Gasteiger partial charge on any atom is -0.321 e. The first-order valence-corrected chi connectivity index (χ1v) is 7.04. The van der Waals surface area contributed by atoms with Gasteiger partial charge in [-0.2, -0.15) is 0 Å². The number of carbonyl (C=O) groups excluding carboxylic acids is 1. The van der Waals surface area contributed by atoms with Crippen molar-refractivity contribution in [1.82, 2.24) is 0 Å². The van der Waals surface area contributed by atoms with E-state index in [4.69, 9.17) is 6.42 Å². The van der Waals surface area contributed by atoms with Crippen molar-refractivity contribution in [3.63, 3.8) is 0 Å². The largest absolute Gasteiger partial charge is 0.321 e. The zero-order valence-corrected chi connectivity index (χ0v) is 11.7. The van der Waals surface area contributed by atoms with Crippen LogP contribution >= 0.6 is 11.3 Å². The second-order valence-electron chi connectivity index (χ2n) is 4.47. The van der Waals surface area contributed by atoms with Gasteiger partial charge in [0.2, 0.25) is 0 Å². The second-order valence-corrected chi connectivity index (χ2v) is 5.56. The van der Waals surface area contributed by atoms with E-state index in [0.717, 1.165) is 10.1 Å². The second kappa shape index (κ2) is 5.39. The Labute approximate surface area is 125 Å². The van der Waals surface area contributed by atoms with Gasteiger partial charge in [0, 0.05) is 16.0 Å². The van der Waals surface area contributed by atoms with Crippen LogP contribution in [0.15, 0.2) is 48.5 Å². The van der Waals surface area contributed by atoms with Gasteiger partial charge in [-0.3, -0.25) is 4.79 Å². The molecule has 3 aromatic rings. The highest BCUT2D eigenvalue weighted by Gasteiger charge is 2.11. The molecule has 0 atom stereocenters. The van der Waals surface area contributed by atoms with Gasteiger partial charge in [-0.05, 0) is 41.8 Å². The summed E-state index contributed by atoms with van der Waals surface area (Å²) in [5, 5.41) is 3.64. The number of carbonyl (C=O) groups is 1. The predicted octanol–water partition coefficient (Wildman–Crippen LogP) is 4.27. The summed E-state index contributed by atoms with van der Waals surface area (Å²) in [6.45, 7) is 0. The zero-order chi connectivity index (χ0) is 14.8. The van der Waals surface area contributed by atoms with Crippen molar-refractivity contribution in [3.8, 4) is 12.3 Å². The Balaban J connectivity index is 1.88. The molecule has 1 N–H and O–H groups in total. The lowest BCUT2D eigenvalue weighted by molar-refractivity contribution is 0.103. The lowest BCUT2D eigenvalue weighted by Gasteiger charge is -2.03. The smallest absolute Gasteiger partial charge is 0.265 e. The summed E-state index contributed by atoms with van der Waals surface area (Å²) in [6.07, 6.45) is 5.33. The van der Waals surface area contributed by atoms with Gasteiger partial charge in [-0.15, -0.1) is 17.8 Å². The number of halogens is 1. The van der Waals surface area contributed by atoms with Gasteiger partial charge in [-0.1, -0.05) is 18.1 Å². The molecule has 0 aliphatic rings. The summed E-state index contributed by atoms with van der Waals surface area (Å²) < 4.78 is 13.9. The third kappa shape index (κ3) is 2.78. The highest BCUT2D eigenvalue weighted by atomic mass is 32.1. The normalized spacial score (nSPS) is 10.3. The van der Waals surface area contributed by atoms with Gasteiger partial charge in [0.15, 0.2) is 0 Å². The summed E-state index contributed by atoms with van der Waals surface area (Å²) in [4.78, 5) is 12.8. The van der Waals surface area contributed by atoms with Crippen molar-refractivity contribution in [2.45, 2.75) is 0 Å². The lowest BCUT2D eigenvalue weighted by atomic mass is 10.2. The van der Waals surface area contributed by atoms with Gasteiger partial charge >= 0.3 is 0 Å². The van der Waals surface area contributed by atoms with Crippen LogP contribution in [-0.2, 0) is 0 Å². The van der Waals surface area contributed by atoms with Crippen LogP contribution in [0.1, 0.15) is 15.2 Å². The first kappa shape index (κ1) is 13.3. The first-order chi connectivity index (χ1) is 10.2. The van der Waals surface area contributed by atoms with E-state index in [1.807, 2.05) is 0 Å². The number of benzene rings is 2. The van der Waals surface area contributed by atoms with E-state index in [0.29, 0.717) is 16.1 Å². The highest BCUT2D eigenvalue weighted by molar-refractivity contribution is 7.20. The topological polar surface area (TPSA) is 29.1 Å². The molecule has 4 heteroatoms. The van der Waals surface area contributed by atoms with Crippen LogP contribution in [0.5, 0.6) is 0 Å². The molecule has 0 saturated carbocycles. The maximum absolute atomic E-state index is 13.2. The number of terminal acetylenes is 1. The summed E-state index contributed by atoms with van der Waals surface area (Å²) in [5.41, 5.74) is 1.34. The molecule has 1 aromatic heterocycles. The number of nitrogens with one attached hydrogen (secondary N) is 1. The van der Waals surface area contributed by atoms with Crippen molar-refractivity contribution < 1.29 is 9.18 Å². The predicted molar refractivity (Wildman–Crippen MR) is 84.1 cm³/mol. The van der Waals surface area contributed by atoms with E-state index >= 15 is 0 Å². The zero-order valence-electron chi connectivity index (χ0n) is 10.9. The monoisotopic (exact) mass is 295 g/mol. The molecule has 21 heavy (non-hydrogen) atoms. The van der Waals surface area contributed by atoms with E-state index in [-0.39, 0.29) is 11.7 Å². The minimum atomic E-state index is -0.307. The standard InChI is InChI=1S/C17H10FNOS/c1-2-11-4-3-5-14(8-11)19-17(20)16-9-12-6-7-13(18)10-15(12)21-16/h1,3-10H,(H,19,20). The third-order valence-electron chi connectivity index (χ3n) is 2.99. The van der Waals surface area contributed by atoms with E-state index in [1.54, 1.807) is 36.4 Å². The molecule has 3 rings (SSSR count). The van der Waals surface area contributed by atoms with Crippen molar-refractivity contribution in [2.75, 3.05) is 5.32 Å². The summed E-state index contributed by atoms with van der Waals surface area (Å²) in [6, 6.07) is 13.3. The average molecular weight is 295 g/mol. The van der Waals surface area contributed by atoms with E-state index in [9.17, 15) is 9.18 Å². The molecule has 0 aliphatic heterocycles. The molecule has 0 fully saturated rings. The number of fused-ring (bicyclic) bond motifs is 1. The first-order valence-electron chi connectivity index (χ1n) is 6.23. The average Bonchev–Trinajstić information content (AvgIpc) is 2.90. The maximum atomic E-state index is 13.2. The van der Waals surface area contributed by atoms with Crippen molar-refractivity contribution in [1.29, 1.82) is 0 Å². The molecule has 2 nitrogen and oxygen atoms in total. The number of thiophene rings is 1. The number of amides is 1. The molecule has 0 bridgehead atoms. The van der Waals surface area contributed by atoms with E-state index < -0.39 is 0 Å². The van der Waals surface area contributed by atoms with Crippen molar-refractivity contribution in [2.24, 2.45) is 0 Å². The van der Waals surface area contributed by atoms with E-state index in [2.05, 4.69) is 11.2 Å². The Morgan fingerprint density at radius 1 is 1.19 bits per heavy atom. The molecule has 102 valence electrons. The number of hydrogen-bond acceptors (Lipinski definition) is 2. The fourth-order valence-corrected chi connectivity index (χ4v) is 2.98. The molecule has 1 amide bonds. The van der Waals surface area contributed by atoms with Crippen LogP contribution < -0.4 is 5.32 Å². The molecule has 0 spiro atoms. The van der Waals surface area contributed by atoms with Gasteiger partial charge in [0.25, 0.3) is 5.91 Å². The molecule has 0 aliphatic carbocycles. The summed E-state index contributed by atoms with van der Waals surface area (Å²) in [5.74, 6) is 1.98. The van der Waals surface area contributed by atoms with E-state index in [1.165, 1.54) is 23.5 Å². The Morgan fingerprint density at radius 3 is 2.86 bits per heavy atom. The highest BCUT2D eigenvalue weighted by Crippen LogP contribution is 2.27. The van der Waals surface area contributed by atoms with Crippen LogP contribution in [0, 0.1) is 18.2 Å². The molecular formula is C17H10FNOS. The number of rotatable bonds is 2. The Morgan fingerprint density at radius 2 is 2.05 bits per heavy atom. The SMILES string of the molecule is C#Cc1cccc(NC(=O)c2cc3ccc(F)cc3s2)c1. The molecular weight excluding hydrogens is 285 g/mol. The fourth-order valence-electron chi connectivity index (χ4n) is 2.00. The Kier molecular flexibility index (Phi) is 3.43. The molecule has 1 heterocycles. The quantitative estimate of drug-likeness (QED) is 0.703. The van der Waals surface area contributed by atoms with Crippen molar-refractivity contribution in [3.05, 3.63) is 64.8 Å². The summed E-state index contributed by atoms with van der Waals surface area (Å²) in [7, 11) is 0. The molecule has 0 unspecified atom stereocenters. The van der Waals surface area contributed by atoms with Gasteiger partial charge < -0.3 is 5.32 Å². The third-order valence-corrected chi connectivity index (χ3v) is 4.09. The number of hydrogen-bond donors (Lipinski definition) is 1. The molecule has 0 radical (unpaired) electrons. The fraction of sp³-hybridized carbons (Fsp3) is 0. The minimum absolute atomic E-state index is 0.231.